The molecule has 3 rings (SSSR count). The summed E-state index contributed by atoms with van der Waals surface area (Å²) in [6, 6.07) is 0. The molecule has 21 heavy (non-hydrogen) atoms. The average molecular weight is 317 g/mol. The lowest BCUT2D eigenvalue weighted by Gasteiger charge is -2.38. The minimum absolute atomic E-state index is 0. The number of rotatable bonds is 4. The smallest absolute Gasteiger partial charge is 0.0474 e. The normalized spacial score (nSPS) is 33.0. The van der Waals surface area contributed by atoms with E-state index in [-0.39, 0.29) is 12.4 Å². The van der Waals surface area contributed by atoms with Crippen molar-refractivity contribution in [3.63, 3.8) is 0 Å². The van der Waals surface area contributed by atoms with Gasteiger partial charge in [0.05, 0.1) is 0 Å². The zero-order chi connectivity index (χ0) is 13.8. The first-order valence-electron chi connectivity index (χ1n) is 8.90. The van der Waals surface area contributed by atoms with E-state index in [2.05, 4.69) is 10.2 Å². The van der Waals surface area contributed by atoms with Gasteiger partial charge in [-0.2, -0.15) is 0 Å². The number of likely N-dealkylation sites (tertiary alicyclic amines) is 1. The van der Waals surface area contributed by atoms with E-state index >= 15 is 0 Å². The maximum absolute atomic E-state index is 9.49. The molecule has 2 atom stereocenters. The lowest BCUT2D eigenvalue weighted by Crippen LogP contribution is -2.40. The molecule has 2 heterocycles. The lowest BCUT2D eigenvalue weighted by molar-refractivity contribution is 0.0973. The van der Waals surface area contributed by atoms with Crippen LogP contribution in [-0.4, -0.2) is 49.3 Å². The largest absolute Gasteiger partial charge is 0.396 e. The highest BCUT2D eigenvalue weighted by atomic mass is 35.5. The second-order valence-corrected chi connectivity index (χ2v) is 7.41. The van der Waals surface area contributed by atoms with Gasteiger partial charge in [-0.25, -0.2) is 0 Å². The van der Waals surface area contributed by atoms with Crippen LogP contribution in [0.1, 0.15) is 44.9 Å². The minimum atomic E-state index is 0. The number of hydrogen-bond donors (Lipinski definition) is 2. The van der Waals surface area contributed by atoms with Crippen molar-refractivity contribution in [3.05, 3.63) is 0 Å². The molecule has 4 heteroatoms. The van der Waals surface area contributed by atoms with Crippen molar-refractivity contribution in [2.24, 2.45) is 23.7 Å². The fourth-order valence-corrected chi connectivity index (χ4v) is 4.80. The van der Waals surface area contributed by atoms with Gasteiger partial charge in [-0.1, -0.05) is 19.3 Å². The summed E-state index contributed by atoms with van der Waals surface area (Å²) in [7, 11) is 0. The molecule has 1 saturated carbocycles. The average Bonchev–Trinajstić information content (AvgIpc) is 2.98. The standard InChI is InChI=1S/C17H32N2O.ClH/c20-13-16-10-18-11-17(16)15-6-8-19(9-7-15)12-14-4-2-1-3-5-14;/h14-18,20H,1-13H2;1H/t16-,17-;/m0./s1. The van der Waals surface area contributed by atoms with Gasteiger partial charge in [0, 0.05) is 19.7 Å². The molecule has 3 fully saturated rings. The maximum Gasteiger partial charge on any atom is 0.0474 e. The van der Waals surface area contributed by atoms with Crippen molar-refractivity contribution in [3.8, 4) is 0 Å². The summed E-state index contributed by atoms with van der Waals surface area (Å²) in [4.78, 5) is 2.73. The zero-order valence-corrected chi connectivity index (χ0v) is 14.1. The van der Waals surface area contributed by atoms with Gasteiger partial charge in [0.2, 0.25) is 0 Å². The SMILES string of the molecule is Cl.OC[C@@H]1CNC[C@H]1C1CCN(CC2CCCCC2)CC1. The lowest BCUT2D eigenvalue weighted by atomic mass is 9.78. The summed E-state index contributed by atoms with van der Waals surface area (Å²) in [6.45, 7) is 6.51. The third-order valence-electron chi connectivity index (χ3n) is 6.11. The summed E-state index contributed by atoms with van der Waals surface area (Å²) < 4.78 is 0. The van der Waals surface area contributed by atoms with Crippen molar-refractivity contribution >= 4 is 12.4 Å². The molecule has 124 valence electrons. The van der Waals surface area contributed by atoms with Crippen molar-refractivity contribution in [2.75, 3.05) is 39.3 Å². The second kappa shape index (κ2) is 8.71. The van der Waals surface area contributed by atoms with E-state index in [0.29, 0.717) is 12.5 Å². The van der Waals surface area contributed by atoms with Crippen LogP contribution in [-0.2, 0) is 0 Å². The quantitative estimate of drug-likeness (QED) is 0.836. The second-order valence-electron chi connectivity index (χ2n) is 7.41. The molecule has 2 aliphatic heterocycles. The molecule has 0 aromatic rings. The van der Waals surface area contributed by atoms with Crippen molar-refractivity contribution < 1.29 is 5.11 Å². The number of aliphatic hydroxyl groups excluding tert-OH is 1. The van der Waals surface area contributed by atoms with Gasteiger partial charge in [0.15, 0.2) is 0 Å². The maximum atomic E-state index is 9.49. The molecule has 0 aromatic carbocycles. The number of halogens is 1. The van der Waals surface area contributed by atoms with Crippen LogP contribution in [0, 0.1) is 23.7 Å². The van der Waals surface area contributed by atoms with Gasteiger partial charge in [0.1, 0.15) is 0 Å². The molecular weight excluding hydrogens is 284 g/mol. The van der Waals surface area contributed by atoms with E-state index in [1.165, 1.54) is 64.6 Å². The highest BCUT2D eigenvalue weighted by Gasteiger charge is 2.35. The highest BCUT2D eigenvalue weighted by molar-refractivity contribution is 5.85. The monoisotopic (exact) mass is 316 g/mol. The fraction of sp³-hybridized carbons (Fsp3) is 1.00. The summed E-state index contributed by atoms with van der Waals surface area (Å²) >= 11 is 0. The Morgan fingerprint density at radius 2 is 1.67 bits per heavy atom. The van der Waals surface area contributed by atoms with E-state index in [0.717, 1.165) is 30.8 Å². The number of nitrogens with one attached hydrogen (secondary N) is 1. The van der Waals surface area contributed by atoms with Crippen LogP contribution in [0.25, 0.3) is 0 Å². The molecule has 2 saturated heterocycles. The van der Waals surface area contributed by atoms with Gasteiger partial charge < -0.3 is 15.3 Å². The number of nitrogens with zero attached hydrogens (tertiary/aromatic N) is 1. The van der Waals surface area contributed by atoms with Gasteiger partial charge in [-0.05, 0) is 69.0 Å². The van der Waals surface area contributed by atoms with Crippen LogP contribution in [0.3, 0.4) is 0 Å². The van der Waals surface area contributed by atoms with Gasteiger partial charge in [-0.3, -0.25) is 0 Å². The molecule has 0 amide bonds. The van der Waals surface area contributed by atoms with E-state index in [1.54, 1.807) is 0 Å². The predicted octanol–water partition coefficient (Wildman–Crippen LogP) is 2.53. The molecule has 0 spiro atoms. The van der Waals surface area contributed by atoms with Crippen molar-refractivity contribution in [1.82, 2.24) is 10.2 Å². The molecule has 1 aliphatic carbocycles. The molecule has 0 aromatic heterocycles. The first-order valence-corrected chi connectivity index (χ1v) is 8.90. The minimum Gasteiger partial charge on any atom is -0.396 e. The van der Waals surface area contributed by atoms with E-state index in [9.17, 15) is 5.11 Å². The molecule has 3 aliphatic rings. The Morgan fingerprint density at radius 1 is 0.952 bits per heavy atom. The van der Waals surface area contributed by atoms with Crippen molar-refractivity contribution in [2.45, 2.75) is 44.9 Å². The van der Waals surface area contributed by atoms with Gasteiger partial charge >= 0.3 is 0 Å². The summed E-state index contributed by atoms with van der Waals surface area (Å²) in [5, 5.41) is 13.0. The van der Waals surface area contributed by atoms with E-state index in [4.69, 9.17) is 0 Å². The molecular formula is C17H33ClN2O. The Balaban J connectivity index is 0.00000161. The number of hydrogen-bond acceptors (Lipinski definition) is 3. The van der Waals surface area contributed by atoms with E-state index < -0.39 is 0 Å². The van der Waals surface area contributed by atoms with Crippen LogP contribution in [0.5, 0.6) is 0 Å². The van der Waals surface area contributed by atoms with Crippen LogP contribution in [0.4, 0.5) is 0 Å². The van der Waals surface area contributed by atoms with Crippen LogP contribution >= 0.6 is 12.4 Å². The van der Waals surface area contributed by atoms with Crippen LogP contribution in [0.15, 0.2) is 0 Å². The highest BCUT2D eigenvalue weighted by Crippen LogP contribution is 2.33. The van der Waals surface area contributed by atoms with Gasteiger partial charge in [0.25, 0.3) is 0 Å². The number of aliphatic hydroxyl groups is 1. The summed E-state index contributed by atoms with van der Waals surface area (Å²) in [6.07, 6.45) is 10.1. The predicted molar refractivity (Wildman–Crippen MR) is 89.9 cm³/mol. The molecule has 2 N–H and O–H groups in total. The topological polar surface area (TPSA) is 35.5 Å². The zero-order valence-electron chi connectivity index (χ0n) is 13.3. The summed E-state index contributed by atoms with van der Waals surface area (Å²) in [5.74, 6) is 3.09. The third kappa shape index (κ3) is 4.57. The third-order valence-corrected chi connectivity index (χ3v) is 6.11. The van der Waals surface area contributed by atoms with E-state index in [1.807, 2.05) is 0 Å². The van der Waals surface area contributed by atoms with Gasteiger partial charge in [-0.15, -0.1) is 12.4 Å². The molecule has 0 unspecified atom stereocenters. The first kappa shape index (κ1) is 17.5. The Morgan fingerprint density at radius 3 is 2.33 bits per heavy atom. The molecule has 0 radical (unpaired) electrons. The Bertz CT molecular complexity index is 289. The Kier molecular flexibility index (Phi) is 7.27. The van der Waals surface area contributed by atoms with Crippen LogP contribution in [0.2, 0.25) is 0 Å². The Hall–Kier alpha value is 0.170. The molecule has 0 bridgehead atoms. The van der Waals surface area contributed by atoms with Crippen molar-refractivity contribution in [1.29, 1.82) is 0 Å². The first-order chi connectivity index (χ1) is 9.86. The summed E-state index contributed by atoms with van der Waals surface area (Å²) in [5.41, 5.74) is 0. The Labute approximate surface area is 136 Å². The fourth-order valence-electron chi connectivity index (χ4n) is 4.80. The molecule has 3 nitrogen and oxygen atoms in total. The van der Waals surface area contributed by atoms with Crippen LogP contribution < -0.4 is 5.32 Å². The number of piperidine rings is 1.